The Labute approximate surface area is 126 Å². The molecule has 4 heteroatoms. The van der Waals surface area contributed by atoms with Crippen LogP contribution in [0.5, 0.6) is 0 Å². The van der Waals surface area contributed by atoms with Crippen LogP contribution in [0.3, 0.4) is 0 Å². The maximum atomic E-state index is 10.6. The Balaban J connectivity index is 1.66. The Morgan fingerprint density at radius 3 is 2.81 bits per heavy atom. The van der Waals surface area contributed by atoms with E-state index in [0.29, 0.717) is 19.8 Å². The number of piperidine rings is 1. The first-order valence-electron chi connectivity index (χ1n) is 7.83. The zero-order valence-corrected chi connectivity index (χ0v) is 13.0. The molecule has 2 saturated heterocycles. The van der Waals surface area contributed by atoms with Crippen molar-refractivity contribution in [2.75, 3.05) is 32.8 Å². The first-order chi connectivity index (χ1) is 10.1. The lowest BCUT2D eigenvalue weighted by Gasteiger charge is -2.39. The standard InChI is InChI=1S/C17H25NO3/c1-13-4-5-14(2)15(10-13)16(19)11-18-7-3-6-17(12-18)20-8-9-21-17/h4-5,10,16,19H,3,6-9,11-12H2,1-2H3/t16-/m0/s1. The maximum Gasteiger partial charge on any atom is 0.181 e. The Hall–Kier alpha value is -0.940. The van der Waals surface area contributed by atoms with Crippen molar-refractivity contribution in [1.29, 1.82) is 0 Å². The van der Waals surface area contributed by atoms with Gasteiger partial charge in [0.25, 0.3) is 0 Å². The van der Waals surface area contributed by atoms with Gasteiger partial charge in [-0.15, -0.1) is 0 Å². The molecule has 4 nitrogen and oxygen atoms in total. The fraction of sp³-hybridized carbons (Fsp3) is 0.647. The number of aliphatic hydroxyl groups excluding tert-OH is 1. The van der Waals surface area contributed by atoms with Gasteiger partial charge in [0.15, 0.2) is 5.79 Å². The highest BCUT2D eigenvalue weighted by atomic mass is 16.7. The number of β-amino-alcohol motifs (C(OH)–C–C–N with tert-alkyl or cyclic N) is 1. The third kappa shape index (κ3) is 3.29. The largest absolute Gasteiger partial charge is 0.387 e. The molecule has 1 spiro atoms. The molecule has 1 aromatic carbocycles. The number of ether oxygens (including phenoxy) is 2. The molecule has 0 radical (unpaired) electrons. The quantitative estimate of drug-likeness (QED) is 0.927. The topological polar surface area (TPSA) is 41.9 Å². The number of rotatable bonds is 3. The van der Waals surface area contributed by atoms with Crippen LogP contribution >= 0.6 is 0 Å². The van der Waals surface area contributed by atoms with Crippen LogP contribution in [0, 0.1) is 13.8 Å². The summed E-state index contributed by atoms with van der Waals surface area (Å²) in [7, 11) is 0. The molecular formula is C17H25NO3. The molecule has 0 aromatic heterocycles. The van der Waals surface area contributed by atoms with Gasteiger partial charge in [-0.05, 0) is 37.9 Å². The van der Waals surface area contributed by atoms with Gasteiger partial charge in [0.1, 0.15) is 0 Å². The fourth-order valence-electron chi connectivity index (χ4n) is 3.42. The molecule has 1 N–H and O–H groups in total. The van der Waals surface area contributed by atoms with Crippen molar-refractivity contribution in [2.24, 2.45) is 0 Å². The Morgan fingerprint density at radius 1 is 1.29 bits per heavy atom. The lowest BCUT2D eigenvalue weighted by Crippen LogP contribution is -2.49. The van der Waals surface area contributed by atoms with Crippen LogP contribution in [0.1, 0.15) is 35.6 Å². The van der Waals surface area contributed by atoms with E-state index in [1.807, 2.05) is 0 Å². The zero-order chi connectivity index (χ0) is 14.9. The van der Waals surface area contributed by atoms with Crippen molar-refractivity contribution in [3.8, 4) is 0 Å². The number of aliphatic hydroxyl groups is 1. The van der Waals surface area contributed by atoms with Crippen molar-refractivity contribution in [3.63, 3.8) is 0 Å². The molecular weight excluding hydrogens is 266 g/mol. The van der Waals surface area contributed by atoms with Gasteiger partial charge < -0.3 is 14.6 Å². The molecule has 0 aliphatic carbocycles. The minimum atomic E-state index is -0.457. The highest BCUT2D eigenvalue weighted by Gasteiger charge is 2.41. The number of nitrogens with zero attached hydrogens (tertiary/aromatic N) is 1. The molecule has 2 aliphatic heterocycles. The second-order valence-electron chi connectivity index (χ2n) is 6.32. The van der Waals surface area contributed by atoms with E-state index >= 15 is 0 Å². The van der Waals surface area contributed by atoms with Crippen LogP contribution in [0.25, 0.3) is 0 Å². The van der Waals surface area contributed by atoms with Gasteiger partial charge in [-0.1, -0.05) is 23.8 Å². The fourth-order valence-corrected chi connectivity index (χ4v) is 3.42. The Bertz CT molecular complexity index is 497. The third-order valence-electron chi connectivity index (χ3n) is 4.53. The van der Waals surface area contributed by atoms with Gasteiger partial charge in [0, 0.05) is 13.0 Å². The molecule has 21 heavy (non-hydrogen) atoms. The number of likely N-dealkylation sites (tertiary alicyclic amines) is 1. The summed E-state index contributed by atoms with van der Waals surface area (Å²) in [5.41, 5.74) is 3.36. The Morgan fingerprint density at radius 2 is 2.05 bits per heavy atom. The van der Waals surface area contributed by atoms with Crippen molar-refractivity contribution in [3.05, 3.63) is 34.9 Å². The SMILES string of the molecule is Cc1ccc(C)c([C@@H](O)CN2CCCC3(C2)OCCO3)c1. The summed E-state index contributed by atoms with van der Waals surface area (Å²) < 4.78 is 11.6. The first-order valence-corrected chi connectivity index (χ1v) is 7.83. The zero-order valence-electron chi connectivity index (χ0n) is 13.0. The molecule has 0 amide bonds. The van der Waals surface area contributed by atoms with Gasteiger partial charge >= 0.3 is 0 Å². The van der Waals surface area contributed by atoms with E-state index in [9.17, 15) is 5.11 Å². The van der Waals surface area contributed by atoms with Gasteiger partial charge in [-0.2, -0.15) is 0 Å². The maximum absolute atomic E-state index is 10.6. The van der Waals surface area contributed by atoms with E-state index in [4.69, 9.17) is 9.47 Å². The minimum absolute atomic E-state index is 0.417. The van der Waals surface area contributed by atoms with E-state index in [-0.39, 0.29) is 0 Å². The molecule has 2 aliphatic rings. The van der Waals surface area contributed by atoms with E-state index in [0.717, 1.165) is 37.1 Å². The number of benzene rings is 1. The molecule has 1 atom stereocenters. The van der Waals surface area contributed by atoms with Crippen LogP contribution in [-0.4, -0.2) is 48.6 Å². The van der Waals surface area contributed by atoms with Gasteiger partial charge in [-0.3, -0.25) is 4.90 Å². The first kappa shape index (κ1) is 15.0. The average molecular weight is 291 g/mol. The van der Waals surface area contributed by atoms with Crippen LogP contribution in [0.4, 0.5) is 0 Å². The summed E-state index contributed by atoms with van der Waals surface area (Å²) in [6.07, 6.45) is 1.56. The van der Waals surface area contributed by atoms with Crippen LogP contribution in [-0.2, 0) is 9.47 Å². The highest BCUT2D eigenvalue weighted by Crippen LogP contribution is 2.31. The number of hydrogen-bond donors (Lipinski definition) is 1. The van der Waals surface area contributed by atoms with Gasteiger partial charge in [-0.25, -0.2) is 0 Å². The monoisotopic (exact) mass is 291 g/mol. The second kappa shape index (κ2) is 6.05. The average Bonchev–Trinajstić information content (AvgIpc) is 2.89. The van der Waals surface area contributed by atoms with Gasteiger partial charge in [0.05, 0.1) is 25.9 Å². The number of hydrogen-bond acceptors (Lipinski definition) is 4. The summed E-state index contributed by atoms with van der Waals surface area (Å²) in [5, 5.41) is 10.6. The molecule has 0 saturated carbocycles. The van der Waals surface area contributed by atoms with Crippen molar-refractivity contribution in [2.45, 2.75) is 38.6 Å². The normalized spacial score (nSPS) is 23.6. The summed E-state index contributed by atoms with van der Waals surface area (Å²) >= 11 is 0. The summed E-state index contributed by atoms with van der Waals surface area (Å²) in [5.74, 6) is -0.417. The summed E-state index contributed by atoms with van der Waals surface area (Å²) in [6.45, 7) is 7.88. The van der Waals surface area contributed by atoms with Crippen LogP contribution in [0.2, 0.25) is 0 Å². The molecule has 116 valence electrons. The predicted molar refractivity (Wildman–Crippen MR) is 81.2 cm³/mol. The molecule has 0 unspecified atom stereocenters. The number of aryl methyl sites for hydroxylation is 2. The minimum Gasteiger partial charge on any atom is -0.387 e. The third-order valence-corrected chi connectivity index (χ3v) is 4.53. The summed E-state index contributed by atoms with van der Waals surface area (Å²) in [6, 6.07) is 6.25. The lowest BCUT2D eigenvalue weighted by molar-refractivity contribution is -0.191. The lowest BCUT2D eigenvalue weighted by atomic mass is 9.99. The van der Waals surface area contributed by atoms with Crippen molar-refractivity contribution in [1.82, 2.24) is 4.90 Å². The van der Waals surface area contributed by atoms with E-state index in [1.54, 1.807) is 0 Å². The Kier molecular flexibility index (Phi) is 4.31. The molecule has 1 aromatic rings. The van der Waals surface area contributed by atoms with Crippen molar-refractivity contribution >= 4 is 0 Å². The van der Waals surface area contributed by atoms with Gasteiger partial charge in [0.2, 0.25) is 0 Å². The molecule has 2 fully saturated rings. The van der Waals surface area contributed by atoms with Crippen LogP contribution < -0.4 is 0 Å². The molecule has 0 bridgehead atoms. The second-order valence-corrected chi connectivity index (χ2v) is 6.32. The van der Waals surface area contributed by atoms with Crippen molar-refractivity contribution < 1.29 is 14.6 Å². The predicted octanol–water partition coefficient (Wildman–Crippen LogP) is 2.18. The van der Waals surface area contributed by atoms with E-state index in [2.05, 4.69) is 36.9 Å². The summed E-state index contributed by atoms with van der Waals surface area (Å²) in [4.78, 5) is 2.27. The highest BCUT2D eigenvalue weighted by molar-refractivity contribution is 5.32. The molecule has 2 heterocycles. The van der Waals surface area contributed by atoms with E-state index < -0.39 is 11.9 Å². The van der Waals surface area contributed by atoms with Crippen LogP contribution in [0.15, 0.2) is 18.2 Å². The smallest absolute Gasteiger partial charge is 0.181 e. The van der Waals surface area contributed by atoms with E-state index in [1.165, 1.54) is 5.56 Å². The molecule has 3 rings (SSSR count).